The van der Waals surface area contributed by atoms with E-state index in [4.69, 9.17) is 4.74 Å². The largest absolute Gasteiger partial charge is 0.495 e. The molecule has 1 aliphatic rings. The molecule has 0 saturated heterocycles. The minimum absolute atomic E-state index is 0.0546. The Morgan fingerprint density at radius 3 is 2.58 bits per heavy atom. The molecule has 124 valence electrons. The lowest BCUT2D eigenvalue weighted by Gasteiger charge is -2.17. The summed E-state index contributed by atoms with van der Waals surface area (Å²) >= 11 is 0. The summed E-state index contributed by atoms with van der Waals surface area (Å²) in [6.07, 6.45) is 3.00. The molecule has 0 spiro atoms. The van der Waals surface area contributed by atoms with Crippen LogP contribution in [0.4, 0.5) is 0 Å². The number of ketones is 1. The number of methoxy groups -OCH3 is 1. The third-order valence-corrected chi connectivity index (χ3v) is 4.90. The normalized spacial score (nSPS) is 16.1. The van der Waals surface area contributed by atoms with E-state index in [1.54, 1.807) is 18.2 Å². The van der Waals surface area contributed by atoms with Crippen molar-refractivity contribution in [1.29, 1.82) is 0 Å². The summed E-state index contributed by atoms with van der Waals surface area (Å²) in [7, 11) is -3.09. The van der Waals surface area contributed by atoms with Gasteiger partial charge in [-0.3, -0.25) is 9.35 Å². The fraction of sp³-hybridized carbons (Fsp3) is 0.167. The lowest BCUT2D eigenvalue weighted by atomic mass is 9.86. The molecule has 24 heavy (non-hydrogen) atoms. The molecule has 2 aromatic rings. The molecule has 0 aliphatic heterocycles. The predicted molar refractivity (Wildman–Crippen MR) is 89.9 cm³/mol. The molecule has 1 aliphatic carbocycles. The quantitative estimate of drug-likeness (QED) is 0.683. The first kappa shape index (κ1) is 16.4. The van der Waals surface area contributed by atoms with E-state index in [2.05, 4.69) is 0 Å². The SMILES string of the molecule is COc1ccc(/C=C2\CCc3ccccc3C2=O)cc1S(=O)(=O)O. The Kier molecular flexibility index (Phi) is 4.26. The molecule has 0 saturated carbocycles. The number of Topliss-reactive ketones (excluding diaryl/α,β-unsaturated/α-hetero) is 1. The highest BCUT2D eigenvalue weighted by atomic mass is 32.2. The molecule has 0 fully saturated rings. The van der Waals surface area contributed by atoms with Gasteiger partial charge in [0.2, 0.25) is 0 Å². The van der Waals surface area contributed by atoms with Crippen LogP contribution in [0.15, 0.2) is 52.9 Å². The highest BCUT2D eigenvalue weighted by molar-refractivity contribution is 7.86. The molecule has 0 atom stereocenters. The second-order valence-corrected chi connectivity index (χ2v) is 6.93. The Balaban J connectivity index is 2.03. The molecule has 5 nitrogen and oxygen atoms in total. The van der Waals surface area contributed by atoms with E-state index in [9.17, 15) is 17.8 Å². The number of allylic oxidation sites excluding steroid dienone is 1. The Morgan fingerprint density at radius 1 is 1.12 bits per heavy atom. The smallest absolute Gasteiger partial charge is 0.298 e. The topological polar surface area (TPSA) is 80.7 Å². The molecular formula is C18H16O5S. The van der Waals surface area contributed by atoms with E-state index < -0.39 is 10.1 Å². The van der Waals surface area contributed by atoms with Gasteiger partial charge in [0.05, 0.1) is 7.11 Å². The zero-order valence-electron chi connectivity index (χ0n) is 13.0. The minimum Gasteiger partial charge on any atom is -0.495 e. The van der Waals surface area contributed by atoms with E-state index in [0.717, 1.165) is 12.0 Å². The third kappa shape index (κ3) is 3.11. The molecule has 6 heteroatoms. The van der Waals surface area contributed by atoms with Crippen LogP contribution in [-0.2, 0) is 16.5 Å². The van der Waals surface area contributed by atoms with Crippen molar-refractivity contribution in [3.8, 4) is 5.75 Å². The molecule has 0 radical (unpaired) electrons. The monoisotopic (exact) mass is 344 g/mol. The second kappa shape index (κ2) is 6.22. The van der Waals surface area contributed by atoms with Crippen LogP contribution in [-0.4, -0.2) is 25.9 Å². The highest BCUT2D eigenvalue weighted by Gasteiger charge is 2.22. The fourth-order valence-electron chi connectivity index (χ4n) is 2.84. The van der Waals surface area contributed by atoms with Gasteiger partial charge in [-0.2, -0.15) is 8.42 Å². The first-order chi connectivity index (χ1) is 11.4. The van der Waals surface area contributed by atoms with Crippen molar-refractivity contribution in [2.75, 3.05) is 7.11 Å². The van der Waals surface area contributed by atoms with E-state index in [0.29, 0.717) is 23.1 Å². The number of aryl methyl sites for hydroxylation is 1. The number of fused-ring (bicyclic) bond motifs is 1. The van der Waals surface area contributed by atoms with E-state index in [1.165, 1.54) is 19.2 Å². The Morgan fingerprint density at radius 2 is 1.88 bits per heavy atom. The van der Waals surface area contributed by atoms with Crippen molar-refractivity contribution in [2.24, 2.45) is 0 Å². The summed E-state index contributed by atoms with van der Waals surface area (Å²) in [5, 5.41) is 0. The van der Waals surface area contributed by atoms with Gasteiger partial charge in [-0.25, -0.2) is 0 Å². The van der Waals surface area contributed by atoms with Crippen LogP contribution >= 0.6 is 0 Å². The number of ether oxygens (including phenoxy) is 1. The maximum absolute atomic E-state index is 12.6. The lowest BCUT2D eigenvalue weighted by Crippen LogP contribution is -2.13. The molecule has 3 rings (SSSR count). The van der Waals surface area contributed by atoms with Gasteiger partial charge in [0.15, 0.2) is 5.78 Å². The fourth-order valence-corrected chi connectivity index (χ4v) is 3.53. The van der Waals surface area contributed by atoms with E-state index in [-0.39, 0.29) is 16.4 Å². The number of hydrogen-bond acceptors (Lipinski definition) is 4. The van der Waals surface area contributed by atoms with Crippen LogP contribution in [0.1, 0.15) is 27.9 Å². The molecule has 0 amide bonds. The molecule has 0 bridgehead atoms. The molecule has 0 unspecified atom stereocenters. The van der Waals surface area contributed by atoms with Gasteiger partial charge in [0.1, 0.15) is 10.6 Å². The van der Waals surface area contributed by atoms with Crippen LogP contribution in [0.5, 0.6) is 5.75 Å². The van der Waals surface area contributed by atoms with Gasteiger partial charge in [-0.1, -0.05) is 30.3 Å². The molecular weight excluding hydrogens is 328 g/mol. The molecule has 2 aromatic carbocycles. The van der Waals surface area contributed by atoms with Gasteiger partial charge in [0, 0.05) is 11.1 Å². The summed E-state index contributed by atoms with van der Waals surface area (Å²) < 4.78 is 37.2. The third-order valence-electron chi connectivity index (χ3n) is 4.02. The Labute approximate surface area is 140 Å². The van der Waals surface area contributed by atoms with Crippen LogP contribution in [0, 0.1) is 0 Å². The first-order valence-electron chi connectivity index (χ1n) is 7.39. The standard InChI is InChI=1S/C18H16O5S/c1-23-16-9-6-12(11-17(16)24(20,21)22)10-14-8-7-13-4-2-3-5-15(13)18(14)19/h2-6,9-11H,7-8H2,1H3,(H,20,21,22)/b14-10+. The minimum atomic E-state index is -4.41. The number of carbonyl (C=O) groups is 1. The highest BCUT2D eigenvalue weighted by Crippen LogP contribution is 2.29. The summed E-state index contributed by atoms with van der Waals surface area (Å²) in [6.45, 7) is 0. The molecule has 0 heterocycles. The molecule has 0 aromatic heterocycles. The van der Waals surface area contributed by atoms with E-state index in [1.807, 2.05) is 18.2 Å². The van der Waals surface area contributed by atoms with Crippen LogP contribution in [0.2, 0.25) is 0 Å². The van der Waals surface area contributed by atoms with Crippen molar-refractivity contribution in [1.82, 2.24) is 0 Å². The Bertz CT molecular complexity index is 942. The zero-order chi connectivity index (χ0) is 17.3. The summed E-state index contributed by atoms with van der Waals surface area (Å²) in [5.74, 6) is 0.000963. The summed E-state index contributed by atoms with van der Waals surface area (Å²) in [5.41, 5.74) is 2.83. The maximum atomic E-state index is 12.6. The summed E-state index contributed by atoms with van der Waals surface area (Å²) in [6, 6.07) is 11.9. The van der Waals surface area contributed by atoms with Gasteiger partial charge in [-0.05, 0) is 42.2 Å². The van der Waals surface area contributed by atoms with Crippen molar-refractivity contribution >= 4 is 22.0 Å². The van der Waals surface area contributed by atoms with Crippen molar-refractivity contribution < 1.29 is 22.5 Å². The average molecular weight is 344 g/mol. The molecule has 1 N–H and O–H groups in total. The van der Waals surface area contributed by atoms with Crippen molar-refractivity contribution in [3.05, 3.63) is 64.7 Å². The lowest BCUT2D eigenvalue weighted by molar-refractivity contribution is 0.102. The average Bonchev–Trinajstić information content (AvgIpc) is 2.57. The Hall–Kier alpha value is -2.44. The number of carbonyl (C=O) groups excluding carboxylic acids is 1. The van der Waals surface area contributed by atoms with Crippen LogP contribution in [0.3, 0.4) is 0 Å². The van der Waals surface area contributed by atoms with Crippen LogP contribution in [0.25, 0.3) is 6.08 Å². The summed E-state index contributed by atoms with van der Waals surface area (Å²) in [4.78, 5) is 12.2. The zero-order valence-corrected chi connectivity index (χ0v) is 13.8. The van der Waals surface area contributed by atoms with E-state index >= 15 is 0 Å². The predicted octanol–water partition coefficient (Wildman–Crippen LogP) is 3.15. The van der Waals surface area contributed by atoms with Gasteiger partial charge in [-0.15, -0.1) is 0 Å². The number of rotatable bonds is 3. The van der Waals surface area contributed by atoms with Gasteiger partial charge >= 0.3 is 0 Å². The maximum Gasteiger partial charge on any atom is 0.298 e. The number of benzene rings is 2. The van der Waals surface area contributed by atoms with Crippen molar-refractivity contribution in [2.45, 2.75) is 17.7 Å². The first-order valence-corrected chi connectivity index (χ1v) is 8.83. The second-order valence-electron chi connectivity index (χ2n) is 5.54. The van der Waals surface area contributed by atoms with Gasteiger partial charge in [0.25, 0.3) is 10.1 Å². The van der Waals surface area contributed by atoms with Gasteiger partial charge < -0.3 is 4.74 Å². The van der Waals surface area contributed by atoms with Crippen molar-refractivity contribution in [3.63, 3.8) is 0 Å². The van der Waals surface area contributed by atoms with Crippen LogP contribution < -0.4 is 4.74 Å². The number of hydrogen-bond donors (Lipinski definition) is 1.